The molecule has 3 aliphatic carbocycles. The zero-order valence-corrected chi connectivity index (χ0v) is 20.9. The van der Waals surface area contributed by atoms with E-state index in [2.05, 4.69) is 29.4 Å². The topological polar surface area (TPSA) is 64.6 Å². The maximum Gasteiger partial charge on any atom is 0.220 e. The fraction of sp³-hybridized carbons (Fsp3) is 0.962. The maximum absolute atomic E-state index is 12.7. The van der Waals surface area contributed by atoms with Crippen molar-refractivity contribution in [3.05, 3.63) is 0 Å². The number of carbonyl (C=O) groups is 1. The number of hydrogen-bond donors (Lipinski definition) is 3. The predicted molar refractivity (Wildman–Crippen MR) is 128 cm³/mol. The molecule has 180 valence electrons. The molecule has 3 saturated carbocycles. The predicted octanol–water partition coefficient (Wildman–Crippen LogP) is 3.95. The van der Waals surface area contributed by atoms with Gasteiger partial charge in [-0.25, -0.2) is 0 Å². The average molecular weight is 436 g/mol. The van der Waals surface area contributed by atoms with Crippen LogP contribution in [0.15, 0.2) is 0 Å². The standard InChI is InChI=1S/C26H49N3O2/c1-24(2)18-22(28-19-20-9-7-6-8-10-20)26(14-13-25(3,31)17-21(24)26)12-11-23(30)27-15-16-29(4)5/h20-22,28,31H,6-19H2,1-5H3,(H,27,30)/t21-,22-,25-,26-/m0/s1. The molecule has 3 N–H and O–H groups in total. The van der Waals surface area contributed by atoms with E-state index in [0.717, 1.165) is 51.1 Å². The molecule has 0 aromatic carbocycles. The fourth-order valence-electron chi connectivity index (χ4n) is 7.07. The minimum atomic E-state index is -0.572. The lowest BCUT2D eigenvalue weighted by atomic mass is 9.57. The van der Waals surface area contributed by atoms with Crippen LogP contribution >= 0.6 is 0 Å². The number of carbonyl (C=O) groups excluding carboxylic acids is 1. The quantitative estimate of drug-likeness (QED) is 0.513. The first kappa shape index (κ1) is 25.0. The first-order valence-corrected chi connectivity index (χ1v) is 12.9. The lowest BCUT2D eigenvalue weighted by Crippen LogP contribution is -2.52. The smallest absolute Gasteiger partial charge is 0.220 e. The van der Waals surface area contributed by atoms with Crippen LogP contribution in [0.2, 0.25) is 0 Å². The van der Waals surface area contributed by atoms with E-state index in [1.165, 1.54) is 32.1 Å². The highest BCUT2D eigenvalue weighted by Crippen LogP contribution is 2.63. The summed E-state index contributed by atoms with van der Waals surface area (Å²) in [6, 6.07) is 0.458. The number of rotatable bonds is 9. The Balaban J connectivity index is 1.69. The number of aliphatic hydroxyl groups is 1. The van der Waals surface area contributed by atoms with Gasteiger partial charge in [0.15, 0.2) is 0 Å². The van der Waals surface area contributed by atoms with Crippen molar-refractivity contribution in [2.45, 2.75) is 103 Å². The molecule has 0 bridgehead atoms. The minimum absolute atomic E-state index is 0.124. The number of nitrogens with zero attached hydrogens (tertiary/aromatic N) is 1. The molecule has 0 aromatic heterocycles. The van der Waals surface area contributed by atoms with Gasteiger partial charge in [0, 0.05) is 25.6 Å². The van der Waals surface area contributed by atoms with E-state index in [9.17, 15) is 9.90 Å². The van der Waals surface area contributed by atoms with Gasteiger partial charge in [-0.1, -0.05) is 33.1 Å². The summed E-state index contributed by atoms with van der Waals surface area (Å²) in [7, 11) is 4.07. The summed E-state index contributed by atoms with van der Waals surface area (Å²) in [5.41, 5.74) is -0.257. The molecular weight excluding hydrogens is 386 g/mol. The van der Waals surface area contributed by atoms with Gasteiger partial charge in [-0.05, 0) is 95.2 Å². The van der Waals surface area contributed by atoms with Crippen LogP contribution in [0.4, 0.5) is 0 Å². The van der Waals surface area contributed by atoms with Crippen LogP contribution < -0.4 is 10.6 Å². The molecule has 31 heavy (non-hydrogen) atoms. The van der Waals surface area contributed by atoms with Gasteiger partial charge in [0.2, 0.25) is 5.91 Å². The second kappa shape index (κ2) is 10.1. The Hall–Kier alpha value is -0.650. The molecule has 3 fully saturated rings. The van der Waals surface area contributed by atoms with Crippen molar-refractivity contribution in [1.82, 2.24) is 15.5 Å². The molecule has 0 heterocycles. The first-order chi connectivity index (χ1) is 14.5. The molecule has 0 aromatic rings. The van der Waals surface area contributed by atoms with E-state index in [0.29, 0.717) is 24.9 Å². The Labute approximate surface area is 191 Å². The summed E-state index contributed by atoms with van der Waals surface area (Å²) in [5.74, 6) is 1.46. The molecule has 1 amide bonds. The van der Waals surface area contributed by atoms with Crippen molar-refractivity contribution < 1.29 is 9.90 Å². The minimum Gasteiger partial charge on any atom is -0.390 e. The Morgan fingerprint density at radius 1 is 1.06 bits per heavy atom. The monoisotopic (exact) mass is 435 g/mol. The van der Waals surface area contributed by atoms with Gasteiger partial charge in [0.05, 0.1) is 5.60 Å². The number of hydrogen-bond acceptors (Lipinski definition) is 4. The molecule has 4 atom stereocenters. The Kier molecular flexibility index (Phi) is 8.13. The van der Waals surface area contributed by atoms with Crippen molar-refractivity contribution in [2.24, 2.45) is 22.7 Å². The van der Waals surface area contributed by atoms with Crippen LogP contribution in [0.1, 0.15) is 91.4 Å². The lowest BCUT2D eigenvalue weighted by Gasteiger charge is -2.51. The van der Waals surface area contributed by atoms with Crippen molar-refractivity contribution in [1.29, 1.82) is 0 Å². The van der Waals surface area contributed by atoms with Crippen LogP contribution in [0, 0.1) is 22.7 Å². The maximum atomic E-state index is 12.7. The molecule has 0 unspecified atom stereocenters. The van der Waals surface area contributed by atoms with Crippen molar-refractivity contribution >= 4 is 5.91 Å². The first-order valence-electron chi connectivity index (χ1n) is 12.9. The van der Waals surface area contributed by atoms with Crippen LogP contribution in [0.3, 0.4) is 0 Å². The van der Waals surface area contributed by atoms with Gasteiger partial charge in [0.25, 0.3) is 0 Å². The molecule has 3 rings (SSSR count). The van der Waals surface area contributed by atoms with E-state index in [1.807, 2.05) is 21.0 Å². The number of amides is 1. The third kappa shape index (κ3) is 6.23. The summed E-state index contributed by atoms with van der Waals surface area (Å²) in [6.45, 7) is 9.53. The largest absolute Gasteiger partial charge is 0.390 e. The Bertz CT molecular complexity index is 597. The van der Waals surface area contributed by atoms with E-state index < -0.39 is 5.60 Å². The number of nitrogens with one attached hydrogen (secondary N) is 2. The summed E-state index contributed by atoms with van der Waals surface area (Å²) >= 11 is 0. The molecule has 0 saturated heterocycles. The Morgan fingerprint density at radius 3 is 2.45 bits per heavy atom. The van der Waals surface area contributed by atoms with Gasteiger partial charge in [-0.3, -0.25) is 4.79 Å². The molecule has 3 aliphatic rings. The number of fused-ring (bicyclic) bond motifs is 1. The van der Waals surface area contributed by atoms with Gasteiger partial charge < -0.3 is 20.6 Å². The van der Waals surface area contributed by atoms with E-state index in [4.69, 9.17) is 0 Å². The van der Waals surface area contributed by atoms with E-state index in [1.54, 1.807) is 0 Å². The van der Waals surface area contributed by atoms with Gasteiger partial charge in [-0.2, -0.15) is 0 Å². The van der Waals surface area contributed by atoms with Crippen molar-refractivity contribution in [3.63, 3.8) is 0 Å². The summed E-state index contributed by atoms with van der Waals surface area (Å²) in [6.07, 6.45) is 12.3. The third-order valence-corrected chi connectivity index (χ3v) is 8.91. The Morgan fingerprint density at radius 2 is 1.77 bits per heavy atom. The highest BCUT2D eigenvalue weighted by Gasteiger charge is 2.61. The molecule has 0 radical (unpaired) electrons. The van der Waals surface area contributed by atoms with E-state index >= 15 is 0 Å². The third-order valence-electron chi connectivity index (χ3n) is 8.91. The van der Waals surface area contributed by atoms with Crippen molar-refractivity contribution in [3.8, 4) is 0 Å². The van der Waals surface area contributed by atoms with Crippen LogP contribution in [0.25, 0.3) is 0 Å². The molecule has 5 heteroatoms. The van der Waals surface area contributed by atoms with Gasteiger partial charge >= 0.3 is 0 Å². The summed E-state index contributed by atoms with van der Waals surface area (Å²) in [5, 5.41) is 18.1. The van der Waals surface area contributed by atoms with Crippen LogP contribution in [-0.2, 0) is 4.79 Å². The molecule has 0 aliphatic heterocycles. The van der Waals surface area contributed by atoms with E-state index in [-0.39, 0.29) is 16.7 Å². The highest BCUT2D eigenvalue weighted by atomic mass is 16.3. The highest BCUT2D eigenvalue weighted by molar-refractivity contribution is 5.75. The normalized spacial score (nSPS) is 35.8. The number of likely N-dealkylation sites (N-methyl/N-ethyl adjacent to an activating group) is 1. The van der Waals surface area contributed by atoms with Crippen molar-refractivity contribution in [2.75, 3.05) is 33.7 Å². The van der Waals surface area contributed by atoms with Crippen LogP contribution in [-0.4, -0.2) is 61.3 Å². The van der Waals surface area contributed by atoms with Gasteiger partial charge in [-0.15, -0.1) is 0 Å². The zero-order chi connectivity index (χ0) is 22.7. The average Bonchev–Trinajstić information content (AvgIpc) is 2.91. The van der Waals surface area contributed by atoms with Crippen LogP contribution in [0.5, 0.6) is 0 Å². The van der Waals surface area contributed by atoms with Gasteiger partial charge in [0.1, 0.15) is 0 Å². The SMILES string of the molecule is CN(C)CCNC(=O)CC[C@]12CC[C@](C)(O)C[C@H]1C(C)(C)C[C@@H]2NCC1CCCCC1. The fourth-order valence-corrected chi connectivity index (χ4v) is 7.07. The second-order valence-electron chi connectivity index (χ2n) is 12.3. The zero-order valence-electron chi connectivity index (χ0n) is 20.9. The molecule has 5 nitrogen and oxygen atoms in total. The molecular formula is C26H49N3O2. The lowest BCUT2D eigenvalue weighted by molar-refractivity contribution is -0.123. The summed E-state index contributed by atoms with van der Waals surface area (Å²) in [4.78, 5) is 14.8. The molecule has 0 spiro atoms. The second-order valence-corrected chi connectivity index (χ2v) is 12.3. The summed E-state index contributed by atoms with van der Waals surface area (Å²) < 4.78 is 0.